The molecular weight excluding hydrogens is 188 g/mol. The van der Waals surface area contributed by atoms with E-state index in [0.29, 0.717) is 12.8 Å². The first-order valence-electron chi connectivity index (χ1n) is 4.37. The normalized spacial score (nSPS) is 22.2. The molecular formula is C8H14N2O4. The Morgan fingerprint density at radius 1 is 1.50 bits per heavy atom. The van der Waals surface area contributed by atoms with Crippen LogP contribution in [0.15, 0.2) is 0 Å². The monoisotopic (exact) mass is 202 g/mol. The fourth-order valence-corrected chi connectivity index (χ4v) is 1.04. The molecule has 6 nitrogen and oxygen atoms in total. The van der Waals surface area contributed by atoms with Crippen LogP contribution in [0.5, 0.6) is 0 Å². The van der Waals surface area contributed by atoms with Gasteiger partial charge in [0.05, 0.1) is 11.6 Å². The molecule has 1 rings (SSSR count). The molecule has 5 N–H and O–H groups in total. The van der Waals surface area contributed by atoms with Gasteiger partial charge in [-0.1, -0.05) is 0 Å². The van der Waals surface area contributed by atoms with Gasteiger partial charge in [0.25, 0.3) is 0 Å². The van der Waals surface area contributed by atoms with Crippen molar-refractivity contribution in [3.63, 3.8) is 0 Å². The van der Waals surface area contributed by atoms with E-state index >= 15 is 0 Å². The van der Waals surface area contributed by atoms with E-state index in [0.717, 1.165) is 0 Å². The zero-order valence-corrected chi connectivity index (χ0v) is 7.86. The first-order chi connectivity index (χ1) is 6.37. The molecule has 80 valence electrons. The maximum atomic E-state index is 11.3. The Balaban J connectivity index is 2.56. The Kier molecular flexibility index (Phi) is 2.77. The number of rotatable bonds is 4. The minimum absolute atomic E-state index is 0.509. The number of amides is 1. The number of hydrogen-bond donors (Lipinski definition) is 4. The lowest BCUT2D eigenvalue weighted by atomic mass is 10.1. The van der Waals surface area contributed by atoms with Gasteiger partial charge < -0.3 is 21.3 Å². The number of carbonyl (C=O) groups is 2. The summed E-state index contributed by atoms with van der Waals surface area (Å²) in [5.41, 5.74) is 4.64. The van der Waals surface area contributed by atoms with E-state index in [-0.39, 0.29) is 0 Å². The molecule has 2 atom stereocenters. The highest BCUT2D eigenvalue weighted by Gasteiger charge is 2.47. The second-order valence-electron chi connectivity index (χ2n) is 3.69. The van der Waals surface area contributed by atoms with Gasteiger partial charge in [0.15, 0.2) is 6.04 Å². The number of aliphatic hydroxyl groups is 1. The first-order valence-corrected chi connectivity index (χ1v) is 4.37. The molecule has 6 heteroatoms. The average molecular weight is 202 g/mol. The summed E-state index contributed by atoms with van der Waals surface area (Å²) in [7, 11) is 0. The van der Waals surface area contributed by atoms with Crippen LogP contribution in [0.4, 0.5) is 0 Å². The van der Waals surface area contributed by atoms with Crippen molar-refractivity contribution < 1.29 is 19.8 Å². The molecule has 0 aromatic carbocycles. The molecule has 0 radical (unpaired) electrons. The minimum Gasteiger partial charge on any atom is -0.480 e. The maximum absolute atomic E-state index is 11.3. The van der Waals surface area contributed by atoms with E-state index in [2.05, 4.69) is 5.32 Å². The number of nitrogens with two attached hydrogens (primary N) is 1. The van der Waals surface area contributed by atoms with Crippen LogP contribution in [0.1, 0.15) is 19.8 Å². The lowest BCUT2D eigenvalue weighted by Crippen LogP contribution is -2.53. The Hall–Kier alpha value is -1.14. The standard InChI is InChI=1S/C8H14N2O4/c1-4(11)5(6(12)13)10-7(14)8(9)2-3-8/h4-5,11H,2-3,9H2,1H3,(H,10,14)(H,12,13). The van der Waals surface area contributed by atoms with Gasteiger partial charge in [-0.05, 0) is 19.8 Å². The van der Waals surface area contributed by atoms with Crippen LogP contribution in [0.25, 0.3) is 0 Å². The van der Waals surface area contributed by atoms with Crippen molar-refractivity contribution in [2.75, 3.05) is 0 Å². The molecule has 0 bridgehead atoms. The molecule has 0 aromatic heterocycles. The van der Waals surface area contributed by atoms with Crippen molar-refractivity contribution in [1.82, 2.24) is 5.32 Å². The van der Waals surface area contributed by atoms with Crippen LogP contribution < -0.4 is 11.1 Å². The smallest absolute Gasteiger partial charge is 0.328 e. The number of aliphatic hydroxyl groups excluding tert-OH is 1. The van der Waals surface area contributed by atoms with Crippen LogP contribution in [-0.4, -0.2) is 39.8 Å². The molecule has 0 aliphatic heterocycles. The van der Waals surface area contributed by atoms with Gasteiger partial charge in [0.1, 0.15) is 0 Å². The molecule has 14 heavy (non-hydrogen) atoms. The summed E-state index contributed by atoms with van der Waals surface area (Å²) in [4.78, 5) is 21.9. The summed E-state index contributed by atoms with van der Waals surface area (Å²) in [5.74, 6) is -1.77. The van der Waals surface area contributed by atoms with Crippen molar-refractivity contribution in [2.24, 2.45) is 5.73 Å². The molecule has 0 aromatic rings. The zero-order valence-electron chi connectivity index (χ0n) is 7.86. The van der Waals surface area contributed by atoms with E-state index in [1.807, 2.05) is 0 Å². The minimum atomic E-state index is -1.29. The van der Waals surface area contributed by atoms with Gasteiger partial charge in [-0.25, -0.2) is 4.79 Å². The Morgan fingerprint density at radius 3 is 2.29 bits per heavy atom. The maximum Gasteiger partial charge on any atom is 0.328 e. The van der Waals surface area contributed by atoms with Crippen molar-refractivity contribution in [3.8, 4) is 0 Å². The van der Waals surface area contributed by atoms with Crippen LogP contribution >= 0.6 is 0 Å². The lowest BCUT2D eigenvalue weighted by Gasteiger charge is -2.19. The summed E-state index contributed by atoms with van der Waals surface area (Å²) in [6.07, 6.45) is -0.0190. The van der Waals surface area contributed by atoms with Gasteiger partial charge in [0, 0.05) is 0 Å². The van der Waals surface area contributed by atoms with Gasteiger partial charge in [-0.3, -0.25) is 4.79 Å². The van der Waals surface area contributed by atoms with Gasteiger partial charge in [0.2, 0.25) is 5.91 Å². The average Bonchev–Trinajstić information content (AvgIpc) is 2.79. The highest BCUT2D eigenvalue weighted by molar-refractivity contribution is 5.92. The van der Waals surface area contributed by atoms with Gasteiger partial charge in [-0.2, -0.15) is 0 Å². The number of carbonyl (C=O) groups excluding carboxylic acids is 1. The van der Waals surface area contributed by atoms with Gasteiger partial charge >= 0.3 is 5.97 Å². The van der Waals surface area contributed by atoms with Crippen molar-refractivity contribution in [3.05, 3.63) is 0 Å². The van der Waals surface area contributed by atoms with Crippen LogP contribution in [-0.2, 0) is 9.59 Å². The third-order valence-corrected chi connectivity index (χ3v) is 2.28. The number of aliphatic carboxylic acids is 1. The van der Waals surface area contributed by atoms with Crippen molar-refractivity contribution in [2.45, 2.75) is 37.5 Å². The number of carboxylic acids is 1. The Labute approximate surface area is 81.1 Å². The number of carboxylic acid groups (broad SMARTS) is 1. The van der Waals surface area contributed by atoms with E-state index in [1.165, 1.54) is 6.92 Å². The van der Waals surface area contributed by atoms with Crippen LogP contribution in [0, 0.1) is 0 Å². The predicted octanol–water partition coefficient (Wildman–Crippen LogP) is -1.57. The second kappa shape index (κ2) is 3.55. The molecule has 1 amide bonds. The largest absolute Gasteiger partial charge is 0.480 e. The fraction of sp³-hybridized carbons (Fsp3) is 0.750. The lowest BCUT2D eigenvalue weighted by molar-refractivity contribution is -0.145. The van der Waals surface area contributed by atoms with E-state index in [1.54, 1.807) is 0 Å². The van der Waals surface area contributed by atoms with Crippen molar-refractivity contribution in [1.29, 1.82) is 0 Å². The molecule has 1 aliphatic rings. The molecule has 0 heterocycles. The van der Waals surface area contributed by atoms with Crippen LogP contribution in [0.3, 0.4) is 0 Å². The highest BCUT2D eigenvalue weighted by atomic mass is 16.4. The molecule has 0 saturated heterocycles. The predicted molar refractivity (Wildman–Crippen MR) is 47.4 cm³/mol. The van der Waals surface area contributed by atoms with Crippen molar-refractivity contribution >= 4 is 11.9 Å². The fourth-order valence-electron chi connectivity index (χ4n) is 1.04. The van der Waals surface area contributed by atoms with E-state index < -0.39 is 29.6 Å². The topological polar surface area (TPSA) is 113 Å². The molecule has 2 unspecified atom stereocenters. The molecule has 1 aliphatic carbocycles. The number of hydrogen-bond acceptors (Lipinski definition) is 4. The number of nitrogens with one attached hydrogen (secondary N) is 1. The van der Waals surface area contributed by atoms with Crippen LogP contribution in [0.2, 0.25) is 0 Å². The Morgan fingerprint density at radius 2 is 2.00 bits per heavy atom. The van der Waals surface area contributed by atoms with Gasteiger partial charge in [-0.15, -0.1) is 0 Å². The summed E-state index contributed by atoms with van der Waals surface area (Å²) < 4.78 is 0. The molecule has 1 fully saturated rings. The second-order valence-corrected chi connectivity index (χ2v) is 3.69. The van der Waals surface area contributed by atoms with E-state index in [4.69, 9.17) is 15.9 Å². The summed E-state index contributed by atoms with van der Waals surface area (Å²) in [6, 6.07) is -1.29. The Bertz CT molecular complexity index is 260. The summed E-state index contributed by atoms with van der Waals surface area (Å²) >= 11 is 0. The third-order valence-electron chi connectivity index (χ3n) is 2.28. The molecule has 0 spiro atoms. The quantitative estimate of drug-likeness (QED) is 0.440. The van der Waals surface area contributed by atoms with E-state index in [9.17, 15) is 9.59 Å². The third kappa shape index (κ3) is 2.21. The molecule has 1 saturated carbocycles. The summed E-state index contributed by atoms with van der Waals surface area (Å²) in [5, 5.41) is 19.9. The highest BCUT2D eigenvalue weighted by Crippen LogP contribution is 2.32. The first kappa shape index (κ1) is 10.9. The zero-order chi connectivity index (χ0) is 10.9. The SMILES string of the molecule is CC(O)C(NC(=O)C1(N)CC1)C(=O)O. The summed E-state index contributed by atoms with van der Waals surface area (Å²) in [6.45, 7) is 1.30.